The summed E-state index contributed by atoms with van der Waals surface area (Å²) in [5, 5.41) is 11.3. The maximum Gasteiger partial charge on any atom is 0.251 e. The zero-order valence-electron chi connectivity index (χ0n) is 12.9. The number of hydrogen-bond donors (Lipinski definition) is 1. The van der Waals surface area contributed by atoms with E-state index in [1.165, 1.54) is 0 Å². The number of aromatic nitrogens is 1. The lowest BCUT2D eigenvalue weighted by atomic mass is 9.95. The smallest absolute Gasteiger partial charge is 0.251 e. The van der Waals surface area contributed by atoms with Gasteiger partial charge in [-0.25, -0.2) is 0 Å². The van der Waals surface area contributed by atoms with Gasteiger partial charge in [0.15, 0.2) is 12.5 Å². The van der Waals surface area contributed by atoms with Crippen molar-refractivity contribution in [3.8, 4) is 5.75 Å². The minimum absolute atomic E-state index is 0.0359. The number of nitrogens with zero attached hydrogens (tertiary/aromatic N) is 2. The van der Waals surface area contributed by atoms with E-state index in [0.717, 1.165) is 39.7 Å². The molecule has 0 radical (unpaired) electrons. The number of aliphatic hydroxyl groups excluding tert-OH is 1. The van der Waals surface area contributed by atoms with Crippen LogP contribution in [0.1, 0.15) is 25.0 Å². The molecule has 1 unspecified atom stereocenters. The van der Waals surface area contributed by atoms with Gasteiger partial charge in [0.05, 0.1) is 11.2 Å². The summed E-state index contributed by atoms with van der Waals surface area (Å²) in [6.45, 7) is 4.34. The third-order valence-electron chi connectivity index (χ3n) is 4.70. The summed E-state index contributed by atoms with van der Waals surface area (Å²) in [6, 6.07) is 3.82. The molecule has 5 nitrogen and oxygen atoms in total. The lowest BCUT2D eigenvalue weighted by molar-refractivity contribution is 0.195. The highest BCUT2D eigenvalue weighted by molar-refractivity contribution is 6.00. The molecule has 3 heterocycles. The van der Waals surface area contributed by atoms with Crippen molar-refractivity contribution in [3.63, 3.8) is 0 Å². The topological polar surface area (TPSA) is 54.7 Å². The summed E-state index contributed by atoms with van der Waals surface area (Å²) in [4.78, 5) is 14.0. The highest BCUT2D eigenvalue weighted by Crippen LogP contribution is 2.48. The molecule has 4 rings (SSSR count). The molecule has 0 fully saturated rings. The van der Waals surface area contributed by atoms with Crippen LogP contribution in [-0.4, -0.2) is 22.6 Å². The molecule has 1 aromatic heterocycles. The van der Waals surface area contributed by atoms with Gasteiger partial charge in [0.1, 0.15) is 6.23 Å². The summed E-state index contributed by atoms with van der Waals surface area (Å²) < 4.78 is 7.50. The number of aliphatic hydroxyl groups is 1. The van der Waals surface area contributed by atoms with Crippen LogP contribution in [-0.2, 0) is 13.5 Å². The van der Waals surface area contributed by atoms with Gasteiger partial charge in [-0.15, -0.1) is 0 Å². The van der Waals surface area contributed by atoms with E-state index < -0.39 is 6.23 Å². The molecular formula is C17H18N2O3. The number of anilines is 1. The second kappa shape index (κ2) is 4.36. The predicted octanol–water partition coefficient (Wildman–Crippen LogP) is 1.99. The van der Waals surface area contributed by atoms with Gasteiger partial charge in [0.25, 0.3) is 5.56 Å². The van der Waals surface area contributed by atoms with Gasteiger partial charge in [0, 0.05) is 24.1 Å². The average Bonchev–Trinajstić information content (AvgIpc) is 2.93. The van der Waals surface area contributed by atoms with Crippen molar-refractivity contribution in [2.45, 2.75) is 26.5 Å². The van der Waals surface area contributed by atoms with E-state index in [1.807, 2.05) is 24.8 Å². The normalized spacial score (nSPS) is 19.2. The molecular weight excluding hydrogens is 280 g/mol. The van der Waals surface area contributed by atoms with Gasteiger partial charge in [-0.1, -0.05) is 6.92 Å². The van der Waals surface area contributed by atoms with E-state index in [9.17, 15) is 9.90 Å². The molecule has 22 heavy (non-hydrogen) atoms. The zero-order chi connectivity index (χ0) is 15.6. The van der Waals surface area contributed by atoms with Gasteiger partial charge in [-0.3, -0.25) is 4.79 Å². The number of fused-ring (bicyclic) bond motifs is 2. The summed E-state index contributed by atoms with van der Waals surface area (Å²) in [5.74, 6) is 0.703. The molecule has 1 atom stereocenters. The van der Waals surface area contributed by atoms with Crippen LogP contribution in [0, 0.1) is 0 Å². The SMILES string of the molecule is CCc1cc(=O)n(C)c2c3c4c(cc12)C(C)=CC(O)N4CO3. The van der Waals surface area contributed by atoms with Crippen molar-refractivity contribution in [2.75, 3.05) is 11.6 Å². The lowest BCUT2D eigenvalue weighted by Crippen LogP contribution is -2.35. The Morgan fingerprint density at radius 2 is 2.18 bits per heavy atom. The molecule has 0 amide bonds. The molecule has 0 saturated heterocycles. The number of ether oxygens (including phenoxy) is 1. The fourth-order valence-corrected chi connectivity index (χ4v) is 3.48. The molecule has 1 N–H and O–H groups in total. The Hall–Kier alpha value is -2.27. The molecule has 0 aliphatic carbocycles. The number of pyridine rings is 1. The van der Waals surface area contributed by atoms with Crippen molar-refractivity contribution >= 4 is 22.2 Å². The van der Waals surface area contributed by atoms with Crippen molar-refractivity contribution < 1.29 is 9.84 Å². The number of aryl methyl sites for hydroxylation is 2. The highest BCUT2D eigenvalue weighted by atomic mass is 16.5. The van der Waals surface area contributed by atoms with Gasteiger partial charge in [-0.05, 0) is 36.6 Å². The average molecular weight is 298 g/mol. The predicted molar refractivity (Wildman–Crippen MR) is 86.2 cm³/mol. The number of rotatable bonds is 1. The summed E-state index contributed by atoms with van der Waals surface area (Å²) in [7, 11) is 1.76. The highest BCUT2D eigenvalue weighted by Gasteiger charge is 2.34. The Labute approximate surface area is 128 Å². The largest absolute Gasteiger partial charge is 0.469 e. The Kier molecular flexibility index (Phi) is 2.66. The minimum atomic E-state index is -0.683. The van der Waals surface area contributed by atoms with Crippen LogP contribution in [0.5, 0.6) is 5.75 Å². The number of hydrogen-bond acceptors (Lipinski definition) is 4. The van der Waals surface area contributed by atoms with Crippen molar-refractivity contribution in [2.24, 2.45) is 7.05 Å². The summed E-state index contributed by atoms with van der Waals surface area (Å²) in [6.07, 6.45) is 1.94. The van der Waals surface area contributed by atoms with E-state index in [0.29, 0.717) is 12.5 Å². The lowest BCUT2D eigenvalue weighted by Gasteiger charge is -2.28. The van der Waals surface area contributed by atoms with Crippen LogP contribution >= 0.6 is 0 Å². The molecule has 2 aliphatic rings. The maximum atomic E-state index is 12.2. The summed E-state index contributed by atoms with van der Waals surface area (Å²) in [5.41, 5.74) is 4.79. The third kappa shape index (κ3) is 1.54. The molecule has 2 aliphatic heterocycles. The monoisotopic (exact) mass is 298 g/mol. The van der Waals surface area contributed by atoms with E-state index in [1.54, 1.807) is 17.7 Å². The van der Waals surface area contributed by atoms with Gasteiger partial charge < -0.3 is 19.3 Å². The Bertz CT molecular complexity index is 895. The van der Waals surface area contributed by atoms with E-state index in [-0.39, 0.29) is 5.56 Å². The van der Waals surface area contributed by atoms with E-state index >= 15 is 0 Å². The molecule has 1 aromatic carbocycles. The standard InChI is InChI=1S/C17H18N2O3/c1-4-10-6-13(20)18(3)15-12(10)7-11-9(2)5-14(21)19-8-22-17(15)16(11)19/h5-7,14,21H,4,8H2,1-3H3. The van der Waals surface area contributed by atoms with Crippen LogP contribution in [0.2, 0.25) is 0 Å². The van der Waals surface area contributed by atoms with Crippen LogP contribution in [0.3, 0.4) is 0 Å². The number of allylic oxidation sites excluding steroid dienone is 1. The first kappa shape index (κ1) is 13.4. The third-order valence-corrected chi connectivity index (χ3v) is 4.70. The van der Waals surface area contributed by atoms with Crippen molar-refractivity contribution in [3.05, 3.63) is 39.7 Å². The quantitative estimate of drug-likeness (QED) is 0.875. The first-order valence-electron chi connectivity index (χ1n) is 7.48. The van der Waals surface area contributed by atoms with E-state index in [2.05, 4.69) is 6.07 Å². The molecule has 0 saturated carbocycles. The fraction of sp³-hybridized carbons (Fsp3) is 0.353. The molecule has 114 valence electrons. The minimum Gasteiger partial charge on any atom is -0.469 e. The van der Waals surface area contributed by atoms with Gasteiger partial charge >= 0.3 is 0 Å². The maximum absolute atomic E-state index is 12.2. The Morgan fingerprint density at radius 3 is 2.91 bits per heavy atom. The molecule has 0 spiro atoms. The van der Waals surface area contributed by atoms with Crippen molar-refractivity contribution in [1.29, 1.82) is 0 Å². The first-order chi connectivity index (χ1) is 10.5. The molecule has 0 bridgehead atoms. The summed E-state index contributed by atoms with van der Waals surface area (Å²) >= 11 is 0. The molecule has 5 heteroatoms. The van der Waals surface area contributed by atoms with Crippen molar-refractivity contribution in [1.82, 2.24) is 4.57 Å². The number of benzene rings is 1. The van der Waals surface area contributed by atoms with E-state index in [4.69, 9.17) is 4.74 Å². The zero-order valence-corrected chi connectivity index (χ0v) is 12.9. The van der Waals surface area contributed by atoms with Crippen LogP contribution in [0.25, 0.3) is 16.5 Å². The molecule has 2 aromatic rings. The second-order valence-corrected chi connectivity index (χ2v) is 5.92. The Morgan fingerprint density at radius 1 is 1.41 bits per heavy atom. The van der Waals surface area contributed by atoms with Gasteiger partial charge in [-0.2, -0.15) is 0 Å². The van der Waals surface area contributed by atoms with Gasteiger partial charge in [0.2, 0.25) is 0 Å². The Balaban J connectivity index is 2.21. The second-order valence-electron chi connectivity index (χ2n) is 5.92. The van der Waals surface area contributed by atoms with Crippen LogP contribution < -0.4 is 15.2 Å². The van der Waals surface area contributed by atoms with Crippen LogP contribution in [0.15, 0.2) is 23.0 Å². The first-order valence-corrected chi connectivity index (χ1v) is 7.48. The van der Waals surface area contributed by atoms with Crippen LogP contribution in [0.4, 0.5) is 5.69 Å². The fourth-order valence-electron chi connectivity index (χ4n) is 3.48.